The van der Waals surface area contributed by atoms with Crippen LogP contribution in [0.4, 0.5) is 0 Å². The summed E-state index contributed by atoms with van der Waals surface area (Å²) in [5.41, 5.74) is -0.984. The summed E-state index contributed by atoms with van der Waals surface area (Å²) < 4.78 is 26.2. The number of sulfonamides is 1. The average molecular weight is 289 g/mol. The normalized spacial score (nSPS) is 26.1. The predicted octanol–water partition coefficient (Wildman–Crippen LogP) is 1.62. The molecule has 1 N–H and O–H groups in total. The van der Waals surface area contributed by atoms with Crippen LogP contribution >= 0.6 is 11.3 Å². The van der Waals surface area contributed by atoms with E-state index in [9.17, 15) is 18.3 Å². The van der Waals surface area contributed by atoms with Crippen LogP contribution in [0.3, 0.4) is 0 Å². The van der Waals surface area contributed by atoms with Crippen molar-refractivity contribution in [2.75, 3.05) is 13.1 Å². The van der Waals surface area contributed by atoms with Gasteiger partial charge in [-0.3, -0.25) is 4.79 Å². The van der Waals surface area contributed by atoms with Crippen LogP contribution in [0.15, 0.2) is 21.7 Å². The third-order valence-corrected chi connectivity index (χ3v) is 6.49. The van der Waals surface area contributed by atoms with E-state index in [0.29, 0.717) is 19.4 Å². The zero-order valence-corrected chi connectivity index (χ0v) is 11.6. The number of carboxylic acid groups (broad SMARTS) is 1. The summed E-state index contributed by atoms with van der Waals surface area (Å²) in [6.07, 6.45) is 1.09. The molecule has 0 aliphatic carbocycles. The van der Waals surface area contributed by atoms with Gasteiger partial charge in [0.2, 0.25) is 0 Å². The number of hydrogen-bond donors (Lipinski definition) is 1. The first-order chi connectivity index (χ1) is 8.36. The van der Waals surface area contributed by atoms with Crippen molar-refractivity contribution in [2.24, 2.45) is 5.41 Å². The lowest BCUT2D eigenvalue weighted by molar-refractivity contribution is -0.150. The topological polar surface area (TPSA) is 74.7 Å². The molecule has 0 saturated carbocycles. The van der Waals surface area contributed by atoms with Crippen LogP contribution in [-0.2, 0) is 14.8 Å². The minimum Gasteiger partial charge on any atom is -0.481 e. The lowest BCUT2D eigenvalue weighted by atomic mass is 9.83. The standard InChI is InChI=1S/C11H15NO4S2/c1-11(10(13)14)5-3-6-12(8-11)18(15,16)9-4-2-7-17-9/h2,4,7H,3,5-6,8H2,1H3,(H,13,14). The summed E-state index contributed by atoms with van der Waals surface area (Å²) in [7, 11) is -3.53. The monoisotopic (exact) mass is 289 g/mol. The van der Waals surface area contributed by atoms with Crippen molar-refractivity contribution in [3.8, 4) is 0 Å². The Kier molecular flexibility index (Phi) is 3.48. The molecule has 0 bridgehead atoms. The molecule has 0 amide bonds. The molecule has 1 saturated heterocycles. The van der Waals surface area contributed by atoms with Gasteiger partial charge in [0.05, 0.1) is 5.41 Å². The van der Waals surface area contributed by atoms with Crippen LogP contribution in [-0.4, -0.2) is 36.9 Å². The minimum absolute atomic E-state index is 0.0442. The molecule has 1 aromatic rings. The van der Waals surface area contributed by atoms with Crippen molar-refractivity contribution in [1.29, 1.82) is 0 Å². The molecule has 1 atom stereocenters. The molecule has 1 fully saturated rings. The predicted molar refractivity (Wildman–Crippen MR) is 68.1 cm³/mol. The number of hydrogen-bond acceptors (Lipinski definition) is 4. The van der Waals surface area contributed by atoms with Gasteiger partial charge < -0.3 is 5.11 Å². The van der Waals surface area contributed by atoms with E-state index >= 15 is 0 Å². The SMILES string of the molecule is CC1(C(=O)O)CCCN(S(=O)(=O)c2cccs2)C1. The van der Waals surface area contributed by atoms with E-state index in [0.717, 1.165) is 11.3 Å². The number of rotatable bonds is 3. The maximum atomic E-state index is 12.3. The van der Waals surface area contributed by atoms with E-state index in [4.69, 9.17) is 0 Å². The molecule has 1 aromatic heterocycles. The summed E-state index contributed by atoms with van der Waals surface area (Å²) >= 11 is 1.15. The van der Waals surface area contributed by atoms with Gasteiger partial charge in [-0.2, -0.15) is 4.31 Å². The van der Waals surface area contributed by atoms with Gasteiger partial charge in [0.1, 0.15) is 4.21 Å². The van der Waals surface area contributed by atoms with Crippen LogP contribution in [0, 0.1) is 5.41 Å². The summed E-state index contributed by atoms with van der Waals surface area (Å²) in [4.78, 5) is 11.2. The van der Waals surface area contributed by atoms with Gasteiger partial charge in [0.15, 0.2) is 0 Å². The second-order valence-electron chi connectivity index (χ2n) is 4.74. The molecule has 0 radical (unpaired) electrons. The second kappa shape index (κ2) is 4.64. The number of carbonyl (C=O) groups is 1. The number of piperidine rings is 1. The molecule has 100 valence electrons. The highest BCUT2D eigenvalue weighted by atomic mass is 32.2. The first kappa shape index (κ1) is 13.5. The molecule has 2 rings (SSSR count). The molecule has 1 aliphatic heterocycles. The van der Waals surface area contributed by atoms with Crippen molar-refractivity contribution >= 4 is 27.3 Å². The van der Waals surface area contributed by atoms with Crippen LogP contribution in [0.25, 0.3) is 0 Å². The lowest BCUT2D eigenvalue weighted by Gasteiger charge is -2.36. The summed E-state index contributed by atoms with van der Waals surface area (Å²) in [6.45, 7) is 2.04. The molecule has 1 unspecified atom stereocenters. The zero-order valence-electron chi connectivity index (χ0n) is 10.00. The highest BCUT2D eigenvalue weighted by Crippen LogP contribution is 2.33. The fourth-order valence-electron chi connectivity index (χ4n) is 2.11. The molecule has 2 heterocycles. The van der Waals surface area contributed by atoms with Crippen molar-refractivity contribution in [3.05, 3.63) is 17.5 Å². The van der Waals surface area contributed by atoms with Gasteiger partial charge in [0, 0.05) is 13.1 Å². The number of thiophene rings is 1. The van der Waals surface area contributed by atoms with Gasteiger partial charge in [-0.15, -0.1) is 11.3 Å². The Hall–Kier alpha value is -0.920. The molecule has 0 spiro atoms. The summed E-state index contributed by atoms with van der Waals surface area (Å²) in [6, 6.07) is 3.23. The van der Waals surface area contributed by atoms with E-state index in [2.05, 4.69) is 0 Å². The van der Waals surface area contributed by atoms with E-state index in [1.807, 2.05) is 0 Å². The lowest BCUT2D eigenvalue weighted by Crippen LogP contribution is -2.48. The Morgan fingerprint density at radius 2 is 2.28 bits per heavy atom. The van der Waals surface area contributed by atoms with Gasteiger partial charge in [0.25, 0.3) is 10.0 Å². The van der Waals surface area contributed by atoms with Crippen molar-refractivity contribution < 1.29 is 18.3 Å². The van der Waals surface area contributed by atoms with E-state index in [1.165, 1.54) is 4.31 Å². The van der Waals surface area contributed by atoms with E-state index < -0.39 is 21.4 Å². The fourth-order valence-corrected chi connectivity index (χ4v) is 4.86. The highest BCUT2D eigenvalue weighted by Gasteiger charge is 2.42. The third-order valence-electron chi connectivity index (χ3n) is 3.27. The van der Waals surface area contributed by atoms with Gasteiger partial charge in [-0.1, -0.05) is 6.07 Å². The first-order valence-corrected chi connectivity index (χ1v) is 7.95. The Labute approximate surface area is 110 Å². The van der Waals surface area contributed by atoms with E-state index in [1.54, 1.807) is 24.4 Å². The largest absolute Gasteiger partial charge is 0.481 e. The zero-order chi connectivity index (χ0) is 13.4. The smallest absolute Gasteiger partial charge is 0.310 e. The van der Waals surface area contributed by atoms with Crippen molar-refractivity contribution in [1.82, 2.24) is 4.31 Å². The molecular weight excluding hydrogens is 274 g/mol. The quantitative estimate of drug-likeness (QED) is 0.917. The minimum atomic E-state index is -3.53. The Bertz CT molecular complexity index is 537. The van der Waals surface area contributed by atoms with E-state index in [-0.39, 0.29) is 10.8 Å². The molecule has 5 nitrogen and oxygen atoms in total. The van der Waals surface area contributed by atoms with Gasteiger partial charge in [-0.05, 0) is 31.2 Å². The van der Waals surface area contributed by atoms with Crippen molar-refractivity contribution in [3.63, 3.8) is 0 Å². The molecule has 7 heteroatoms. The maximum Gasteiger partial charge on any atom is 0.310 e. The Morgan fingerprint density at radius 3 is 2.83 bits per heavy atom. The Balaban J connectivity index is 2.27. The van der Waals surface area contributed by atoms with Gasteiger partial charge in [-0.25, -0.2) is 8.42 Å². The van der Waals surface area contributed by atoms with Crippen molar-refractivity contribution in [2.45, 2.75) is 24.0 Å². The van der Waals surface area contributed by atoms with Gasteiger partial charge >= 0.3 is 5.97 Å². The summed E-state index contributed by atoms with van der Waals surface area (Å²) in [5, 5.41) is 10.9. The van der Waals surface area contributed by atoms with Crippen LogP contribution < -0.4 is 0 Å². The van der Waals surface area contributed by atoms with Crippen LogP contribution in [0.2, 0.25) is 0 Å². The first-order valence-electron chi connectivity index (χ1n) is 5.63. The number of nitrogens with zero attached hydrogens (tertiary/aromatic N) is 1. The third kappa shape index (κ3) is 2.30. The number of aliphatic carboxylic acids is 1. The number of carboxylic acids is 1. The molecular formula is C11H15NO4S2. The average Bonchev–Trinajstić information content (AvgIpc) is 2.83. The van der Waals surface area contributed by atoms with Crippen LogP contribution in [0.5, 0.6) is 0 Å². The highest BCUT2D eigenvalue weighted by molar-refractivity contribution is 7.91. The Morgan fingerprint density at radius 1 is 1.56 bits per heavy atom. The summed E-state index contributed by atoms with van der Waals surface area (Å²) in [5.74, 6) is -0.937. The second-order valence-corrected chi connectivity index (χ2v) is 7.85. The van der Waals surface area contributed by atoms with Crippen LogP contribution in [0.1, 0.15) is 19.8 Å². The fraction of sp³-hybridized carbons (Fsp3) is 0.545. The maximum absolute atomic E-state index is 12.3. The molecule has 1 aliphatic rings. The molecule has 0 aromatic carbocycles. The molecule has 18 heavy (non-hydrogen) atoms.